The standard InChI is InChI=1S/C19H23N7O/c1-13-3-4-15(10-16(13)26-5-7-27-8-6-26)21-18-11-20-12-19(23-18)22-17-9-14(2)24-25-17/h3-4,9-12H,5-8H2,1-2H3,(H3,21,22,23,24,25). The summed E-state index contributed by atoms with van der Waals surface area (Å²) in [4.78, 5) is 11.2. The first-order chi connectivity index (χ1) is 13.2. The molecule has 2 aromatic heterocycles. The van der Waals surface area contributed by atoms with Gasteiger partial charge in [-0.15, -0.1) is 0 Å². The van der Waals surface area contributed by atoms with Crippen LogP contribution in [0.25, 0.3) is 0 Å². The number of aromatic nitrogens is 4. The van der Waals surface area contributed by atoms with E-state index in [1.807, 2.05) is 13.0 Å². The quantitative estimate of drug-likeness (QED) is 0.640. The van der Waals surface area contributed by atoms with Crippen molar-refractivity contribution >= 4 is 28.8 Å². The van der Waals surface area contributed by atoms with Gasteiger partial charge in [0.25, 0.3) is 0 Å². The van der Waals surface area contributed by atoms with Crippen LogP contribution in [0, 0.1) is 13.8 Å². The molecular formula is C19H23N7O. The number of aromatic amines is 1. The predicted octanol–water partition coefficient (Wildman–Crippen LogP) is 3.14. The maximum Gasteiger partial charge on any atom is 0.153 e. The molecule has 3 heterocycles. The Morgan fingerprint density at radius 3 is 2.52 bits per heavy atom. The molecule has 4 rings (SSSR count). The molecular weight excluding hydrogens is 342 g/mol. The van der Waals surface area contributed by atoms with E-state index in [4.69, 9.17) is 4.74 Å². The normalized spacial score (nSPS) is 14.2. The molecule has 0 radical (unpaired) electrons. The summed E-state index contributed by atoms with van der Waals surface area (Å²) in [5.74, 6) is 2.01. The molecule has 1 fully saturated rings. The molecule has 0 bridgehead atoms. The first-order valence-corrected chi connectivity index (χ1v) is 8.99. The lowest BCUT2D eigenvalue weighted by atomic mass is 10.1. The van der Waals surface area contributed by atoms with Gasteiger partial charge < -0.3 is 20.3 Å². The smallest absolute Gasteiger partial charge is 0.153 e. The van der Waals surface area contributed by atoms with Crippen LogP contribution in [0.5, 0.6) is 0 Å². The van der Waals surface area contributed by atoms with Gasteiger partial charge in [-0.3, -0.25) is 10.1 Å². The van der Waals surface area contributed by atoms with Gasteiger partial charge in [-0.2, -0.15) is 5.10 Å². The average Bonchev–Trinajstić information content (AvgIpc) is 3.09. The second-order valence-corrected chi connectivity index (χ2v) is 6.58. The van der Waals surface area contributed by atoms with E-state index in [1.54, 1.807) is 12.4 Å². The van der Waals surface area contributed by atoms with E-state index >= 15 is 0 Å². The summed E-state index contributed by atoms with van der Waals surface area (Å²) in [5, 5.41) is 13.5. The topological polar surface area (TPSA) is 91.0 Å². The van der Waals surface area contributed by atoms with E-state index in [2.05, 4.69) is 60.8 Å². The van der Waals surface area contributed by atoms with E-state index in [1.165, 1.54) is 11.3 Å². The Morgan fingerprint density at radius 1 is 1.00 bits per heavy atom. The Hall–Kier alpha value is -3.13. The van der Waals surface area contributed by atoms with E-state index in [9.17, 15) is 0 Å². The fourth-order valence-corrected chi connectivity index (χ4v) is 3.08. The fourth-order valence-electron chi connectivity index (χ4n) is 3.08. The Kier molecular flexibility index (Phi) is 4.88. The van der Waals surface area contributed by atoms with Crippen molar-refractivity contribution in [2.45, 2.75) is 13.8 Å². The van der Waals surface area contributed by atoms with Crippen LogP contribution >= 0.6 is 0 Å². The van der Waals surface area contributed by atoms with Crippen molar-refractivity contribution in [2.75, 3.05) is 41.8 Å². The monoisotopic (exact) mass is 365 g/mol. The Labute approximate surface area is 158 Å². The van der Waals surface area contributed by atoms with E-state index in [-0.39, 0.29) is 0 Å². The number of morpholine rings is 1. The highest BCUT2D eigenvalue weighted by molar-refractivity contribution is 5.67. The van der Waals surface area contributed by atoms with Gasteiger partial charge in [-0.05, 0) is 31.5 Å². The Balaban J connectivity index is 1.51. The van der Waals surface area contributed by atoms with E-state index in [0.29, 0.717) is 17.5 Å². The minimum absolute atomic E-state index is 0.631. The first-order valence-electron chi connectivity index (χ1n) is 8.99. The van der Waals surface area contributed by atoms with Gasteiger partial charge in [0.05, 0.1) is 25.6 Å². The molecule has 8 nitrogen and oxygen atoms in total. The molecule has 0 spiro atoms. The summed E-state index contributed by atoms with van der Waals surface area (Å²) in [5.41, 5.74) is 4.43. The number of rotatable bonds is 5. The van der Waals surface area contributed by atoms with Crippen LogP contribution in [0.1, 0.15) is 11.3 Å². The SMILES string of the molecule is Cc1cc(Nc2cncc(Nc3ccc(C)c(N4CCOCC4)c3)n2)n[nH]1. The molecule has 3 N–H and O–H groups in total. The van der Waals surface area contributed by atoms with Gasteiger partial charge in [0.2, 0.25) is 0 Å². The summed E-state index contributed by atoms with van der Waals surface area (Å²) in [6.07, 6.45) is 3.37. The number of H-pyrrole nitrogens is 1. The Morgan fingerprint density at radius 2 is 1.78 bits per heavy atom. The summed E-state index contributed by atoms with van der Waals surface area (Å²) in [7, 11) is 0. The van der Waals surface area contributed by atoms with Crippen molar-refractivity contribution in [3.63, 3.8) is 0 Å². The minimum Gasteiger partial charge on any atom is -0.378 e. The van der Waals surface area contributed by atoms with Gasteiger partial charge in [0.15, 0.2) is 17.5 Å². The van der Waals surface area contributed by atoms with Crippen LogP contribution < -0.4 is 15.5 Å². The highest BCUT2D eigenvalue weighted by atomic mass is 16.5. The lowest BCUT2D eigenvalue weighted by molar-refractivity contribution is 0.122. The van der Waals surface area contributed by atoms with Crippen molar-refractivity contribution in [2.24, 2.45) is 0 Å². The fraction of sp³-hybridized carbons (Fsp3) is 0.316. The van der Waals surface area contributed by atoms with Gasteiger partial charge >= 0.3 is 0 Å². The van der Waals surface area contributed by atoms with Gasteiger partial charge in [-0.1, -0.05) is 6.07 Å². The van der Waals surface area contributed by atoms with Gasteiger partial charge in [-0.25, -0.2) is 4.98 Å². The summed E-state index contributed by atoms with van der Waals surface area (Å²) >= 11 is 0. The van der Waals surface area contributed by atoms with Crippen molar-refractivity contribution < 1.29 is 4.74 Å². The number of hydrogen-bond acceptors (Lipinski definition) is 7. The van der Waals surface area contributed by atoms with Gasteiger partial charge in [0, 0.05) is 36.2 Å². The number of nitrogens with one attached hydrogen (secondary N) is 3. The molecule has 0 unspecified atom stereocenters. The van der Waals surface area contributed by atoms with Crippen LogP contribution in [-0.4, -0.2) is 46.5 Å². The molecule has 1 aliphatic rings. The van der Waals surface area contributed by atoms with Crippen LogP contribution in [0.4, 0.5) is 28.8 Å². The molecule has 27 heavy (non-hydrogen) atoms. The Bertz CT molecular complexity index is 918. The molecule has 0 aliphatic carbocycles. The molecule has 0 saturated carbocycles. The number of aryl methyl sites for hydroxylation is 2. The van der Waals surface area contributed by atoms with Crippen LogP contribution in [0.2, 0.25) is 0 Å². The first kappa shape index (κ1) is 17.3. The molecule has 140 valence electrons. The highest BCUT2D eigenvalue weighted by Gasteiger charge is 2.14. The van der Waals surface area contributed by atoms with Crippen molar-refractivity contribution in [1.82, 2.24) is 20.2 Å². The van der Waals surface area contributed by atoms with Crippen molar-refractivity contribution in [3.8, 4) is 0 Å². The maximum absolute atomic E-state index is 5.46. The third-order valence-corrected chi connectivity index (χ3v) is 4.43. The summed E-state index contributed by atoms with van der Waals surface area (Å²) in [6.45, 7) is 7.43. The zero-order chi connectivity index (χ0) is 18.6. The average molecular weight is 365 g/mol. The van der Waals surface area contributed by atoms with E-state index in [0.717, 1.165) is 37.7 Å². The van der Waals surface area contributed by atoms with Crippen molar-refractivity contribution in [3.05, 3.63) is 47.9 Å². The zero-order valence-corrected chi connectivity index (χ0v) is 15.5. The number of nitrogens with zero attached hydrogens (tertiary/aromatic N) is 4. The van der Waals surface area contributed by atoms with Gasteiger partial charge in [0.1, 0.15) is 0 Å². The molecule has 0 amide bonds. The third-order valence-electron chi connectivity index (χ3n) is 4.43. The summed E-state index contributed by atoms with van der Waals surface area (Å²) < 4.78 is 5.46. The summed E-state index contributed by atoms with van der Waals surface area (Å²) in [6, 6.07) is 8.24. The highest BCUT2D eigenvalue weighted by Crippen LogP contribution is 2.27. The van der Waals surface area contributed by atoms with Crippen LogP contribution in [0.3, 0.4) is 0 Å². The minimum atomic E-state index is 0.631. The third kappa shape index (κ3) is 4.17. The molecule has 1 aliphatic heterocycles. The lowest BCUT2D eigenvalue weighted by Gasteiger charge is -2.30. The predicted molar refractivity (Wildman–Crippen MR) is 106 cm³/mol. The maximum atomic E-state index is 5.46. The number of anilines is 5. The molecule has 0 atom stereocenters. The largest absolute Gasteiger partial charge is 0.378 e. The number of ether oxygens (including phenoxy) is 1. The molecule has 1 saturated heterocycles. The van der Waals surface area contributed by atoms with Crippen LogP contribution in [-0.2, 0) is 4.74 Å². The van der Waals surface area contributed by atoms with Crippen LogP contribution in [0.15, 0.2) is 36.7 Å². The second kappa shape index (κ2) is 7.63. The molecule has 1 aromatic carbocycles. The lowest BCUT2D eigenvalue weighted by Crippen LogP contribution is -2.36. The zero-order valence-electron chi connectivity index (χ0n) is 15.5. The number of hydrogen-bond donors (Lipinski definition) is 3. The second-order valence-electron chi connectivity index (χ2n) is 6.58. The number of benzene rings is 1. The molecule has 8 heteroatoms. The van der Waals surface area contributed by atoms with E-state index < -0.39 is 0 Å². The molecule has 3 aromatic rings. The van der Waals surface area contributed by atoms with Crippen molar-refractivity contribution in [1.29, 1.82) is 0 Å².